The first-order valence-electron chi connectivity index (χ1n) is 13.3. The number of likely N-dealkylation sites (tertiary alicyclic amines) is 1. The van der Waals surface area contributed by atoms with Gasteiger partial charge in [0, 0.05) is 12.6 Å². The van der Waals surface area contributed by atoms with Gasteiger partial charge in [-0.15, -0.1) is 0 Å². The summed E-state index contributed by atoms with van der Waals surface area (Å²) >= 11 is 0. The lowest BCUT2D eigenvalue weighted by Gasteiger charge is -2.33. The van der Waals surface area contributed by atoms with Crippen LogP contribution in [0.4, 0.5) is 18.9 Å². The van der Waals surface area contributed by atoms with E-state index in [-0.39, 0.29) is 11.4 Å². The summed E-state index contributed by atoms with van der Waals surface area (Å²) < 4.78 is 72.0. The van der Waals surface area contributed by atoms with Crippen molar-refractivity contribution < 1.29 is 26.3 Å². The summed E-state index contributed by atoms with van der Waals surface area (Å²) in [6.07, 6.45) is 1.36. The van der Waals surface area contributed by atoms with E-state index in [0.717, 1.165) is 37.2 Å². The lowest BCUT2D eigenvalue weighted by atomic mass is 9.84. The molecule has 0 aromatic heterocycles. The fourth-order valence-electron chi connectivity index (χ4n) is 5.45. The number of nitrogens with two attached hydrogens (primary N) is 1. The molecule has 0 spiro atoms. The standard InChI is InChI=1S/C28H33F3N6O3S/c1-16(17-4-7-20(29)8-5-17)40-23-14-19(6-9-22(23)35-41(38,39)28(30)31)25-24-26(37(3)34-25)21(15-33-27(24)32)18-10-12-36(2)13-11-18/h4-9,14,16,18,28,34-35H,10-13,15H2,1-3H3,(H2,32,33)/t16-/m0/s1. The normalized spacial score (nSPS) is 19.3. The van der Waals surface area contributed by atoms with Gasteiger partial charge in [0.1, 0.15) is 23.5 Å². The number of nitrogens with zero attached hydrogens (tertiary/aromatic N) is 3. The zero-order valence-corrected chi connectivity index (χ0v) is 23.8. The van der Waals surface area contributed by atoms with E-state index in [1.54, 1.807) is 19.1 Å². The molecule has 5 rings (SSSR count). The number of ether oxygens (including phenoxy) is 1. The van der Waals surface area contributed by atoms with E-state index in [1.165, 1.54) is 35.9 Å². The van der Waals surface area contributed by atoms with Gasteiger partial charge in [0.15, 0.2) is 0 Å². The summed E-state index contributed by atoms with van der Waals surface area (Å²) in [6.45, 7) is 4.19. The van der Waals surface area contributed by atoms with Crippen molar-refractivity contribution in [2.24, 2.45) is 16.6 Å². The molecule has 9 nitrogen and oxygen atoms in total. The van der Waals surface area contributed by atoms with Crippen molar-refractivity contribution in [2.45, 2.75) is 31.6 Å². The zero-order chi connectivity index (χ0) is 29.5. The Balaban J connectivity index is 1.56. The second-order valence-electron chi connectivity index (χ2n) is 10.5. The number of hydrogen-bond donors (Lipinski definition) is 3. The lowest BCUT2D eigenvalue weighted by molar-refractivity contribution is 0.227. The van der Waals surface area contributed by atoms with Gasteiger partial charge in [-0.25, -0.2) is 12.8 Å². The molecule has 0 amide bonds. The largest absolute Gasteiger partial charge is 0.484 e. The second kappa shape index (κ2) is 11.3. The number of fused-ring (bicyclic) bond motifs is 1. The van der Waals surface area contributed by atoms with Crippen molar-refractivity contribution in [1.82, 2.24) is 15.3 Å². The number of sulfonamides is 1. The van der Waals surface area contributed by atoms with Gasteiger partial charge in [0.05, 0.1) is 29.2 Å². The fourth-order valence-corrected chi connectivity index (χ4v) is 6.02. The van der Waals surface area contributed by atoms with Crippen LogP contribution in [-0.2, 0) is 10.0 Å². The first-order valence-corrected chi connectivity index (χ1v) is 14.8. The monoisotopic (exact) mass is 590 g/mol. The fraction of sp³-hybridized carbons (Fsp3) is 0.393. The van der Waals surface area contributed by atoms with E-state index in [4.69, 9.17) is 10.5 Å². The molecular weight excluding hydrogens is 557 g/mol. The number of likely N-dealkylation sites (N-methyl/N-ethyl adjacent to an activating group) is 1. The number of hydrazine groups is 1. The van der Waals surface area contributed by atoms with E-state index >= 15 is 0 Å². The SMILES string of the molecule is C[C@H](Oc1cc(C2=C3C(N)=NCC(C4CCN(C)CC4)=C3N(C)N2)ccc1NS(=O)(=O)C(F)F)c1ccc(F)cc1. The molecule has 0 aliphatic carbocycles. The Morgan fingerprint density at radius 3 is 2.46 bits per heavy atom. The van der Waals surface area contributed by atoms with Crippen LogP contribution in [0.3, 0.4) is 0 Å². The Morgan fingerprint density at radius 2 is 1.80 bits per heavy atom. The number of nitrogens with one attached hydrogen (secondary N) is 2. The van der Waals surface area contributed by atoms with E-state index in [2.05, 4.69) is 22.4 Å². The first kappa shape index (κ1) is 28.8. The molecule has 2 aromatic carbocycles. The first-order chi connectivity index (χ1) is 19.4. The predicted octanol–water partition coefficient (Wildman–Crippen LogP) is 4.06. The van der Waals surface area contributed by atoms with Crippen molar-refractivity contribution in [3.63, 3.8) is 0 Å². The third kappa shape index (κ3) is 5.87. The Labute approximate surface area is 237 Å². The summed E-state index contributed by atoms with van der Waals surface area (Å²) in [5.74, 6) is -3.32. The van der Waals surface area contributed by atoms with Crippen LogP contribution in [0.5, 0.6) is 5.75 Å². The van der Waals surface area contributed by atoms with E-state index < -0.39 is 27.7 Å². The maximum atomic E-state index is 13.5. The van der Waals surface area contributed by atoms with Crippen LogP contribution in [0.15, 0.2) is 64.3 Å². The van der Waals surface area contributed by atoms with Gasteiger partial charge in [0.2, 0.25) is 0 Å². The van der Waals surface area contributed by atoms with E-state index in [1.807, 2.05) is 16.8 Å². The number of dihydropyridines is 1. The van der Waals surface area contributed by atoms with E-state index in [0.29, 0.717) is 35.1 Å². The molecule has 3 aliphatic heterocycles. The van der Waals surface area contributed by atoms with Crippen molar-refractivity contribution in [3.8, 4) is 5.75 Å². The molecule has 4 N–H and O–H groups in total. The summed E-state index contributed by atoms with van der Waals surface area (Å²) in [4.78, 5) is 6.93. The highest BCUT2D eigenvalue weighted by molar-refractivity contribution is 7.93. The van der Waals surface area contributed by atoms with Crippen LogP contribution < -0.4 is 20.6 Å². The number of benzene rings is 2. The van der Waals surface area contributed by atoms with Gasteiger partial charge in [-0.2, -0.15) is 8.78 Å². The minimum absolute atomic E-state index is 0.0143. The number of aliphatic imine (C=N–C) groups is 1. The molecule has 1 saturated heterocycles. The zero-order valence-electron chi connectivity index (χ0n) is 23.0. The van der Waals surface area contributed by atoms with Crippen LogP contribution in [0.2, 0.25) is 0 Å². The molecule has 3 heterocycles. The number of anilines is 1. The number of rotatable bonds is 8. The minimum Gasteiger partial charge on any atom is -0.484 e. The third-order valence-electron chi connectivity index (χ3n) is 7.69. The maximum absolute atomic E-state index is 13.5. The van der Waals surface area contributed by atoms with Crippen molar-refractivity contribution in [3.05, 3.63) is 76.3 Å². The quantitative estimate of drug-likeness (QED) is 0.425. The summed E-state index contributed by atoms with van der Waals surface area (Å²) in [5, 5.41) is 1.91. The van der Waals surface area contributed by atoms with Crippen LogP contribution in [0.1, 0.15) is 37.0 Å². The molecule has 0 saturated carbocycles. The Kier molecular flexibility index (Phi) is 7.93. The van der Waals surface area contributed by atoms with Gasteiger partial charge < -0.3 is 15.4 Å². The van der Waals surface area contributed by atoms with Crippen LogP contribution in [-0.4, -0.2) is 63.6 Å². The van der Waals surface area contributed by atoms with Gasteiger partial charge in [0.25, 0.3) is 10.0 Å². The maximum Gasteiger partial charge on any atom is 0.355 e. The smallest absolute Gasteiger partial charge is 0.355 e. The van der Waals surface area contributed by atoms with Crippen LogP contribution in [0, 0.1) is 11.7 Å². The average Bonchev–Trinajstić information content (AvgIpc) is 3.28. The van der Waals surface area contributed by atoms with Gasteiger partial charge >= 0.3 is 5.76 Å². The predicted molar refractivity (Wildman–Crippen MR) is 152 cm³/mol. The summed E-state index contributed by atoms with van der Waals surface area (Å²) in [5.41, 5.74) is 14.3. The molecular formula is C28H33F3N6O3S. The molecule has 0 bridgehead atoms. The van der Waals surface area contributed by atoms with Crippen molar-refractivity contribution >= 4 is 27.2 Å². The highest BCUT2D eigenvalue weighted by atomic mass is 32.2. The highest BCUT2D eigenvalue weighted by Gasteiger charge is 2.36. The molecule has 1 fully saturated rings. The topological polar surface area (TPSA) is 112 Å². The minimum atomic E-state index is -4.97. The van der Waals surface area contributed by atoms with Crippen molar-refractivity contribution in [2.75, 3.05) is 38.5 Å². The van der Waals surface area contributed by atoms with Gasteiger partial charge in [-0.1, -0.05) is 18.2 Å². The Morgan fingerprint density at radius 1 is 1.12 bits per heavy atom. The number of hydrogen-bond acceptors (Lipinski definition) is 8. The number of alkyl halides is 2. The van der Waals surface area contributed by atoms with Gasteiger partial charge in [-0.3, -0.25) is 20.1 Å². The van der Waals surface area contributed by atoms with Crippen molar-refractivity contribution in [1.29, 1.82) is 0 Å². The number of halogens is 3. The molecule has 13 heteroatoms. The Hall–Kier alpha value is -3.71. The number of piperidine rings is 1. The molecule has 1 atom stereocenters. The average molecular weight is 591 g/mol. The molecule has 220 valence electrons. The number of amidine groups is 1. The van der Waals surface area contributed by atoms with Crippen LogP contribution in [0.25, 0.3) is 5.70 Å². The molecule has 3 aliphatic rings. The molecule has 0 unspecified atom stereocenters. The molecule has 2 aromatic rings. The molecule has 0 radical (unpaired) electrons. The molecule has 41 heavy (non-hydrogen) atoms. The summed E-state index contributed by atoms with van der Waals surface area (Å²) in [6, 6.07) is 10.1. The second-order valence-corrected chi connectivity index (χ2v) is 12.2. The summed E-state index contributed by atoms with van der Waals surface area (Å²) in [7, 11) is -0.962. The van der Waals surface area contributed by atoms with E-state index in [9.17, 15) is 21.6 Å². The van der Waals surface area contributed by atoms with Crippen LogP contribution >= 0.6 is 0 Å². The third-order valence-corrected chi connectivity index (χ3v) is 8.67. The van der Waals surface area contributed by atoms with Gasteiger partial charge in [-0.05, 0) is 81.2 Å². The highest BCUT2D eigenvalue weighted by Crippen LogP contribution is 2.41. The lowest BCUT2D eigenvalue weighted by Crippen LogP contribution is -2.35. The Bertz CT molecular complexity index is 1520.